The number of rotatable bonds is 3. The van der Waals surface area contributed by atoms with E-state index < -0.39 is 17.9 Å². The van der Waals surface area contributed by atoms with Crippen LogP contribution in [0.25, 0.3) is 17.2 Å². The Labute approximate surface area is 113 Å². The van der Waals surface area contributed by atoms with E-state index in [1.165, 1.54) is 42.5 Å². The molecule has 0 heterocycles. The maximum atomic E-state index is 13.8. The van der Waals surface area contributed by atoms with E-state index in [9.17, 15) is 17.6 Å². The van der Waals surface area contributed by atoms with E-state index in [-0.39, 0.29) is 11.1 Å². The molecule has 0 unspecified atom stereocenters. The van der Waals surface area contributed by atoms with Gasteiger partial charge in [0.05, 0.1) is 0 Å². The topological polar surface area (TPSA) is 9.23 Å². The second kappa shape index (κ2) is 5.36. The molecule has 0 atom stereocenters. The van der Waals surface area contributed by atoms with Crippen molar-refractivity contribution in [3.05, 3.63) is 60.4 Å². The molecule has 0 amide bonds. The number of hydrogen-bond acceptors (Lipinski definition) is 1. The first-order valence-electron chi connectivity index (χ1n) is 5.68. The van der Waals surface area contributed by atoms with E-state index in [4.69, 9.17) is 0 Å². The standard InChI is InChI=1S/C15H10F4O/c1-2-10-7-8-14(20-15(17,18)19)12(9-10)11-5-3-4-6-13(11)16/h2-9H,1H2. The Morgan fingerprint density at radius 1 is 1.00 bits per heavy atom. The molecule has 0 saturated heterocycles. The summed E-state index contributed by atoms with van der Waals surface area (Å²) in [6.45, 7) is 3.54. The van der Waals surface area contributed by atoms with Crippen molar-refractivity contribution in [3.8, 4) is 16.9 Å². The second-order valence-electron chi connectivity index (χ2n) is 3.99. The van der Waals surface area contributed by atoms with E-state index in [0.717, 1.165) is 6.07 Å². The number of ether oxygens (including phenoxy) is 1. The van der Waals surface area contributed by atoms with Crippen molar-refractivity contribution < 1.29 is 22.3 Å². The zero-order chi connectivity index (χ0) is 14.8. The Bertz CT molecular complexity index is 632. The fourth-order valence-electron chi connectivity index (χ4n) is 1.78. The molecule has 2 aromatic rings. The second-order valence-corrected chi connectivity index (χ2v) is 3.99. The first-order valence-corrected chi connectivity index (χ1v) is 5.68. The molecule has 5 heteroatoms. The lowest BCUT2D eigenvalue weighted by Gasteiger charge is -2.14. The fraction of sp³-hybridized carbons (Fsp3) is 0.0667. The van der Waals surface area contributed by atoms with Crippen LogP contribution < -0.4 is 4.74 Å². The number of alkyl halides is 3. The molecule has 104 valence electrons. The van der Waals surface area contributed by atoms with Crippen molar-refractivity contribution in [3.63, 3.8) is 0 Å². The normalized spacial score (nSPS) is 11.2. The molecule has 0 fully saturated rings. The van der Waals surface area contributed by atoms with Gasteiger partial charge in [-0.1, -0.05) is 36.9 Å². The van der Waals surface area contributed by atoms with Crippen molar-refractivity contribution in [1.29, 1.82) is 0 Å². The maximum Gasteiger partial charge on any atom is 0.573 e. The zero-order valence-electron chi connectivity index (χ0n) is 10.2. The summed E-state index contributed by atoms with van der Waals surface area (Å²) < 4.78 is 54.9. The van der Waals surface area contributed by atoms with Crippen LogP contribution >= 0.6 is 0 Å². The van der Waals surface area contributed by atoms with Crippen LogP contribution in [0, 0.1) is 5.82 Å². The predicted molar refractivity (Wildman–Crippen MR) is 68.6 cm³/mol. The molecule has 2 aromatic carbocycles. The minimum Gasteiger partial charge on any atom is -0.405 e. The van der Waals surface area contributed by atoms with Crippen molar-refractivity contribution in [2.24, 2.45) is 0 Å². The van der Waals surface area contributed by atoms with Crippen molar-refractivity contribution in [2.45, 2.75) is 6.36 Å². The van der Waals surface area contributed by atoms with Crippen LogP contribution in [0.4, 0.5) is 17.6 Å². The lowest BCUT2D eigenvalue weighted by Crippen LogP contribution is -2.17. The van der Waals surface area contributed by atoms with E-state index in [2.05, 4.69) is 11.3 Å². The third-order valence-electron chi connectivity index (χ3n) is 2.63. The van der Waals surface area contributed by atoms with E-state index in [1.807, 2.05) is 0 Å². The van der Waals surface area contributed by atoms with Crippen LogP contribution in [0.15, 0.2) is 49.0 Å². The smallest absolute Gasteiger partial charge is 0.405 e. The molecule has 1 nitrogen and oxygen atoms in total. The summed E-state index contributed by atoms with van der Waals surface area (Å²) in [6.07, 6.45) is -3.38. The molecule has 0 radical (unpaired) electrons. The Hall–Kier alpha value is -2.30. The van der Waals surface area contributed by atoms with Crippen molar-refractivity contribution in [1.82, 2.24) is 0 Å². The summed E-state index contributed by atoms with van der Waals surface area (Å²) in [5, 5.41) is 0. The van der Waals surface area contributed by atoms with Gasteiger partial charge in [-0.05, 0) is 23.8 Å². The highest BCUT2D eigenvalue weighted by molar-refractivity contribution is 5.74. The first-order chi connectivity index (χ1) is 9.40. The van der Waals surface area contributed by atoms with E-state index in [1.54, 1.807) is 0 Å². The summed E-state index contributed by atoms with van der Waals surface area (Å²) in [6, 6.07) is 9.52. The fourth-order valence-corrected chi connectivity index (χ4v) is 1.78. The molecular formula is C15H10F4O. The SMILES string of the molecule is C=Cc1ccc(OC(F)(F)F)c(-c2ccccc2F)c1. The molecule has 0 bridgehead atoms. The van der Waals surface area contributed by atoms with Gasteiger partial charge in [0.2, 0.25) is 0 Å². The summed E-state index contributed by atoms with van der Waals surface area (Å²) in [4.78, 5) is 0. The van der Waals surface area contributed by atoms with Crippen LogP contribution in [-0.4, -0.2) is 6.36 Å². The van der Waals surface area contributed by atoms with E-state index >= 15 is 0 Å². The molecule has 0 aromatic heterocycles. The molecule has 0 saturated carbocycles. The molecule has 0 aliphatic carbocycles. The molecule has 0 spiro atoms. The van der Waals surface area contributed by atoms with Crippen LogP contribution in [0.2, 0.25) is 0 Å². The Kier molecular flexibility index (Phi) is 3.79. The summed E-state index contributed by atoms with van der Waals surface area (Å²) in [5.41, 5.74) is 0.631. The number of benzene rings is 2. The molecular weight excluding hydrogens is 272 g/mol. The third kappa shape index (κ3) is 3.17. The van der Waals surface area contributed by atoms with Gasteiger partial charge in [-0.25, -0.2) is 4.39 Å². The van der Waals surface area contributed by atoms with Crippen LogP contribution in [0.3, 0.4) is 0 Å². The summed E-state index contributed by atoms with van der Waals surface area (Å²) >= 11 is 0. The van der Waals surface area contributed by atoms with Crippen LogP contribution in [0.5, 0.6) is 5.75 Å². The Morgan fingerprint density at radius 2 is 1.70 bits per heavy atom. The highest BCUT2D eigenvalue weighted by Gasteiger charge is 2.32. The van der Waals surface area contributed by atoms with Gasteiger partial charge in [0, 0.05) is 11.1 Å². The highest BCUT2D eigenvalue weighted by atomic mass is 19.4. The largest absolute Gasteiger partial charge is 0.573 e. The Balaban J connectivity index is 2.59. The molecule has 20 heavy (non-hydrogen) atoms. The van der Waals surface area contributed by atoms with Gasteiger partial charge in [0.1, 0.15) is 11.6 Å². The molecule has 0 aliphatic heterocycles. The maximum absolute atomic E-state index is 13.8. The van der Waals surface area contributed by atoms with Gasteiger partial charge in [-0.3, -0.25) is 0 Å². The van der Waals surface area contributed by atoms with Gasteiger partial charge < -0.3 is 4.74 Å². The van der Waals surface area contributed by atoms with Gasteiger partial charge >= 0.3 is 6.36 Å². The van der Waals surface area contributed by atoms with Crippen LogP contribution in [-0.2, 0) is 0 Å². The van der Waals surface area contributed by atoms with Crippen molar-refractivity contribution >= 4 is 6.08 Å². The van der Waals surface area contributed by atoms with E-state index in [0.29, 0.717) is 5.56 Å². The van der Waals surface area contributed by atoms with Gasteiger partial charge in [-0.15, -0.1) is 13.2 Å². The molecule has 0 aliphatic rings. The highest BCUT2D eigenvalue weighted by Crippen LogP contribution is 2.36. The van der Waals surface area contributed by atoms with Gasteiger partial charge in [0.25, 0.3) is 0 Å². The third-order valence-corrected chi connectivity index (χ3v) is 2.63. The quantitative estimate of drug-likeness (QED) is 0.717. The van der Waals surface area contributed by atoms with Crippen molar-refractivity contribution in [2.75, 3.05) is 0 Å². The zero-order valence-corrected chi connectivity index (χ0v) is 10.2. The average Bonchev–Trinajstić information content (AvgIpc) is 2.38. The predicted octanol–water partition coefficient (Wildman–Crippen LogP) is 5.03. The minimum absolute atomic E-state index is 0.0258. The number of hydrogen-bond donors (Lipinski definition) is 0. The Morgan fingerprint density at radius 3 is 2.30 bits per heavy atom. The molecule has 0 N–H and O–H groups in total. The average molecular weight is 282 g/mol. The first kappa shape index (κ1) is 14.1. The lowest BCUT2D eigenvalue weighted by atomic mass is 10.0. The minimum atomic E-state index is -4.84. The summed E-state index contributed by atoms with van der Waals surface area (Å²) in [5.74, 6) is -1.08. The summed E-state index contributed by atoms with van der Waals surface area (Å²) in [7, 11) is 0. The van der Waals surface area contributed by atoms with Crippen LogP contribution in [0.1, 0.15) is 5.56 Å². The monoisotopic (exact) mass is 282 g/mol. The lowest BCUT2D eigenvalue weighted by molar-refractivity contribution is -0.274. The van der Waals surface area contributed by atoms with Gasteiger partial charge in [0.15, 0.2) is 0 Å². The molecule has 2 rings (SSSR count). The van der Waals surface area contributed by atoms with Gasteiger partial charge in [-0.2, -0.15) is 0 Å². The number of halogens is 4.